The van der Waals surface area contributed by atoms with Crippen LogP contribution in [0.2, 0.25) is 0 Å². The van der Waals surface area contributed by atoms with Crippen LogP contribution in [0.1, 0.15) is 28.3 Å². The summed E-state index contributed by atoms with van der Waals surface area (Å²) in [6, 6.07) is 13.6. The van der Waals surface area contributed by atoms with Crippen LogP contribution >= 0.6 is 34.4 Å². The quantitative estimate of drug-likeness (QED) is 0.556. The summed E-state index contributed by atoms with van der Waals surface area (Å²) in [7, 11) is 0. The number of aliphatic hydroxyl groups excluding tert-OH is 1. The molecule has 0 fully saturated rings. The highest BCUT2D eigenvalue weighted by Crippen LogP contribution is 2.32. The van der Waals surface area contributed by atoms with Crippen LogP contribution in [-0.2, 0) is 0 Å². The second-order valence-electron chi connectivity index (χ2n) is 5.37. The van der Waals surface area contributed by atoms with E-state index in [9.17, 15) is 9.90 Å². The molecule has 0 aliphatic rings. The fraction of sp³-hybridized carbons (Fsp3) is 0.211. The van der Waals surface area contributed by atoms with Gasteiger partial charge in [0.2, 0.25) is 0 Å². The van der Waals surface area contributed by atoms with E-state index in [1.807, 2.05) is 41.8 Å². The number of thiophene rings is 2. The third-order valence-corrected chi connectivity index (χ3v) is 6.52. The molecule has 1 amide bonds. The molecule has 3 nitrogen and oxygen atoms in total. The molecule has 130 valence electrons. The van der Waals surface area contributed by atoms with Crippen molar-refractivity contribution in [2.24, 2.45) is 0 Å². The predicted octanol–water partition coefficient (Wildman–Crippen LogP) is 5.05. The molecule has 1 atom stereocenters. The van der Waals surface area contributed by atoms with E-state index in [0.717, 1.165) is 20.4 Å². The summed E-state index contributed by atoms with van der Waals surface area (Å²) in [5.41, 5.74) is 1.83. The first-order chi connectivity index (χ1) is 12.2. The lowest BCUT2D eigenvalue weighted by Crippen LogP contribution is -2.28. The lowest BCUT2D eigenvalue weighted by atomic mass is 10.2. The molecular formula is C19H19NO2S3. The molecule has 2 heterocycles. The van der Waals surface area contributed by atoms with Crippen LogP contribution in [-0.4, -0.2) is 23.3 Å². The Bertz CT molecular complexity index is 827. The van der Waals surface area contributed by atoms with E-state index in [0.29, 0.717) is 5.56 Å². The van der Waals surface area contributed by atoms with Crippen LogP contribution in [0.3, 0.4) is 0 Å². The van der Waals surface area contributed by atoms with Crippen LogP contribution in [0.4, 0.5) is 0 Å². The lowest BCUT2D eigenvalue weighted by Gasteiger charge is -2.12. The van der Waals surface area contributed by atoms with Crippen LogP contribution in [0, 0.1) is 0 Å². The standard InChI is InChI=1S/C19H19NO2S3/c1-2-24-17-6-4-3-5-14(17)19(22)20-11-15(21)18-8-7-16(25-18)13-9-10-23-12-13/h3-10,12,15,21H,2,11H2,1H3,(H,20,22). The van der Waals surface area contributed by atoms with E-state index < -0.39 is 6.10 Å². The monoisotopic (exact) mass is 389 g/mol. The molecule has 3 aromatic rings. The van der Waals surface area contributed by atoms with Crippen molar-refractivity contribution in [1.29, 1.82) is 0 Å². The molecule has 0 saturated carbocycles. The van der Waals surface area contributed by atoms with E-state index in [1.165, 1.54) is 5.56 Å². The summed E-state index contributed by atoms with van der Waals surface area (Å²) in [4.78, 5) is 15.4. The minimum absolute atomic E-state index is 0.148. The van der Waals surface area contributed by atoms with Crippen LogP contribution in [0.5, 0.6) is 0 Å². The highest BCUT2D eigenvalue weighted by molar-refractivity contribution is 7.99. The smallest absolute Gasteiger partial charge is 0.252 e. The highest BCUT2D eigenvalue weighted by Gasteiger charge is 2.15. The normalized spacial score (nSPS) is 12.1. The Balaban J connectivity index is 1.62. The molecule has 0 aliphatic carbocycles. The van der Waals surface area contributed by atoms with Gasteiger partial charge in [-0.05, 0) is 46.8 Å². The number of aliphatic hydroxyl groups is 1. The fourth-order valence-corrected chi connectivity index (χ4v) is 4.94. The molecular weight excluding hydrogens is 370 g/mol. The van der Waals surface area contributed by atoms with E-state index in [1.54, 1.807) is 34.4 Å². The molecule has 0 saturated heterocycles. The van der Waals surface area contributed by atoms with E-state index >= 15 is 0 Å². The second-order valence-corrected chi connectivity index (χ2v) is 8.57. The van der Waals surface area contributed by atoms with Gasteiger partial charge in [-0.2, -0.15) is 11.3 Å². The largest absolute Gasteiger partial charge is 0.386 e. The van der Waals surface area contributed by atoms with Crippen molar-refractivity contribution in [2.45, 2.75) is 17.9 Å². The third-order valence-electron chi connectivity index (χ3n) is 3.65. The number of rotatable bonds is 7. The fourth-order valence-electron chi connectivity index (χ4n) is 2.41. The second kappa shape index (κ2) is 8.67. The zero-order valence-electron chi connectivity index (χ0n) is 13.8. The Morgan fingerprint density at radius 3 is 2.84 bits per heavy atom. The topological polar surface area (TPSA) is 49.3 Å². The zero-order chi connectivity index (χ0) is 17.6. The van der Waals surface area contributed by atoms with Crippen molar-refractivity contribution in [3.05, 3.63) is 63.7 Å². The summed E-state index contributed by atoms with van der Waals surface area (Å²) in [6.07, 6.45) is -0.702. The van der Waals surface area contributed by atoms with E-state index in [2.05, 4.69) is 23.7 Å². The zero-order valence-corrected chi connectivity index (χ0v) is 16.2. The van der Waals surface area contributed by atoms with E-state index in [-0.39, 0.29) is 12.5 Å². The lowest BCUT2D eigenvalue weighted by molar-refractivity contribution is 0.0915. The first-order valence-corrected chi connectivity index (χ1v) is 10.7. The van der Waals surface area contributed by atoms with Gasteiger partial charge >= 0.3 is 0 Å². The predicted molar refractivity (Wildman–Crippen MR) is 108 cm³/mol. The molecule has 0 bridgehead atoms. The first kappa shape index (κ1) is 18.2. The summed E-state index contributed by atoms with van der Waals surface area (Å²) >= 11 is 4.86. The molecule has 25 heavy (non-hydrogen) atoms. The minimum Gasteiger partial charge on any atom is -0.386 e. The Labute approximate surface area is 159 Å². The van der Waals surface area contributed by atoms with Gasteiger partial charge in [0.05, 0.1) is 5.56 Å². The first-order valence-electron chi connectivity index (χ1n) is 7.99. The van der Waals surface area contributed by atoms with Crippen LogP contribution in [0.15, 0.2) is 58.1 Å². The van der Waals surface area contributed by atoms with Gasteiger partial charge in [-0.25, -0.2) is 0 Å². The Kier molecular flexibility index (Phi) is 6.31. The average Bonchev–Trinajstić information content (AvgIpc) is 3.31. The molecule has 2 N–H and O–H groups in total. The van der Waals surface area contributed by atoms with Crippen molar-refractivity contribution < 1.29 is 9.90 Å². The van der Waals surface area contributed by atoms with Crippen LogP contribution in [0.25, 0.3) is 10.4 Å². The van der Waals surface area contributed by atoms with Gasteiger partial charge in [0.25, 0.3) is 5.91 Å². The van der Waals surface area contributed by atoms with Crippen molar-refractivity contribution in [3.8, 4) is 10.4 Å². The summed E-state index contributed by atoms with van der Waals surface area (Å²) in [5, 5.41) is 17.4. The summed E-state index contributed by atoms with van der Waals surface area (Å²) < 4.78 is 0. The number of thioether (sulfide) groups is 1. The number of carbonyl (C=O) groups excluding carboxylic acids is 1. The van der Waals surface area contributed by atoms with Gasteiger partial charge in [0.1, 0.15) is 6.10 Å². The number of carbonyl (C=O) groups is 1. The summed E-state index contributed by atoms with van der Waals surface area (Å²) in [6.45, 7) is 2.26. The number of amides is 1. The maximum Gasteiger partial charge on any atom is 0.252 e. The van der Waals surface area contributed by atoms with Crippen molar-refractivity contribution in [1.82, 2.24) is 5.32 Å². The van der Waals surface area contributed by atoms with Gasteiger partial charge in [-0.1, -0.05) is 19.1 Å². The Morgan fingerprint density at radius 1 is 1.24 bits per heavy atom. The molecule has 1 unspecified atom stereocenters. The Morgan fingerprint density at radius 2 is 2.08 bits per heavy atom. The SMILES string of the molecule is CCSc1ccccc1C(=O)NCC(O)c1ccc(-c2ccsc2)s1. The summed E-state index contributed by atoms with van der Waals surface area (Å²) in [5.74, 6) is 0.762. The molecule has 0 radical (unpaired) electrons. The van der Waals surface area contributed by atoms with Gasteiger partial charge in [-0.15, -0.1) is 23.1 Å². The molecule has 0 spiro atoms. The third kappa shape index (κ3) is 4.52. The number of hydrogen-bond acceptors (Lipinski definition) is 5. The van der Waals surface area contributed by atoms with E-state index in [4.69, 9.17) is 0 Å². The minimum atomic E-state index is -0.702. The van der Waals surface area contributed by atoms with Gasteiger partial charge < -0.3 is 10.4 Å². The number of hydrogen-bond donors (Lipinski definition) is 2. The molecule has 3 rings (SSSR count). The highest BCUT2D eigenvalue weighted by atomic mass is 32.2. The molecule has 1 aromatic carbocycles. The van der Waals surface area contributed by atoms with Crippen molar-refractivity contribution in [2.75, 3.05) is 12.3 Å². The Hall–Kier alpha value is -1.60. The number of benzene rings is 1. The van der Waals surface area contributed by atoms with Crippen molar-refractivity contribution >= 4 is 40.3 Å². The van der Waals surface area contributed by atoms with Crippen LogP contribution < -0.4 is 5.32 Å². The maximum absolute atomic E-state index is 12.4. The maximum atomic E-state index is 12.4. The van der Waals surface area contributed by atoms with Gasteiger partial charge in [-0.3, -0.25) is 4.79 Å². The average molecular weight is 390 g/mol. The number of nitrogens with one attached hydrogen (secondary N) is 1. The van der Waals surface area contributed by atoms with Gasteiger partial charge in [0, 0.05) is 26.8 Å². The molecule has 0 aliphatic heterocycles. The van der Waals surface area contributed by atoms with Gasteiger partial charge in [0.15, 0.2) is 0 Å². The molecule has 6 heteroatoms. The molecule has 2 aromatic heterocycles. The van der Waals surface area contributed by atoms with Crippen molar-refractivity contribution in [3.63, 3.8) is 0 Å².